The first-order valence-corrected chi connectivity index (χ1v) is 5.94. The van der Waals surface area contributed by atoms with Crippen molar-refractivity contribution in [2.24, 2.45) is 11.8 Å². The molecule has 4 nitrogen and oxygen atoms in total. The van der Waals surface area contributed by atoms with Crippen LogP contribution < -0.4 is 5.32 Å². The van der Waals surface area contributed by atoms with Crippen molar-refractivity contribution >= 4 is 0 Å². The van der Waals surface area contributed by atoms with Crippen LogP contribution in [0.1, 0.15) is 44.5 Å². The summed E-state index contributed by atoms with van der Waals surface area (Å²) in [7, 11) is 0. The van der Waals surface area contributed by atoms with E-state index in [1.54, 1.807) is 6.33 Å². The van der Waals surface area contributed by atoms with Gasteiger partial charge in [-0.3, -0.25) is 5.10 Å². The lowest BCUT2D eigenvalue weighted by Crippen LogP contribution is -2.36. The molecule has 2 saturated carbocycles. The third kappa shape index (κ3) is 1.67. The second-order valence-corrected chi connectivity index (χ2v) is 5.04. The minimum Gasteiger partial charge on any atom is -0.304 e. The molecule has 1 aromatic heterocycles. The molecule has 0 radical (unpaired) electrons. The lowest BCUT2D eigenvalue weighted by Gasteiger charge is -2.25. The molecular weight excluding hydrogens is 188 g/mol. The molecule has 0 aromatic carbocycles. The smallest absolute Gasteiger partial charge is 0.141 e. The fourth-order valence-electron chi connectivity index (χ4n) is 3.27. The van der Waals surface area contributed by atoms with E-state index in [0.717, 1.165) is 17.7 Å². The van der Waals surface area contributed by atoms with Gasteiger partial charge in [0.1, 0.15) is 12.2 Å². The minimum absolute atomic E-state index is 0.303. The van der Waals surface area contributed by atoms with Crippen molar-refractivity contribution in [1.29, 1.82) is 0 Å². The molecular formula is C11H18N4. The second kappa shape index (κ2) is 3.59. The standard InChI is InChI=1S/C11H18N4/c1-7(11-12-6-13-15-11)14-10-5-8-2-3-9(10)4-8/h6-10,14H,2-5H2,1H3,(H,12,13,15). The number of hydrogen-bond acceptors (Lipinski definition) is 3. The summed E-state index contributed by atoms with van der Waals surface area (Å²) in [5, 5.41) is 10.5. The Balaban J connectivity index is 1.62. The Morgan fingerprint density at radius 1 is 1.47 bits per heavy atom. The molecule has 0 saturated heterocycles. The average Bonchev–Trinajstić information content (AvgIpc) is 2.95. The van der Waals surface area contributed by atoms with Gasteiger partial charge in [-0.1, -0.05) is 6.42 Å². The zero-order valence-corrected chi connectivity index (χ0v) is 9.11. The predicted molar refractivity (Wildman–Crippen MR) is 57.2 cm³/mol. The largest absolute Gasteiger partial charge is 0.304 e. The van der Waals surface area contributed by atoms with E-state index in [4.69, 9.17) is 0 Å². The maximum absolute atomic E-state index is 4.19. The lowest BCUT2D eigenvalue weighted by atomic mass is 9.95. The number of nitrogens with zero attached hydrogens (tertiary/aromatic N) is 2. The van der Waals surface area contributed by atoms with Crippen LogP contribution in [-0.4, -0.2) is 21.2 Å². The van der Waals surface area contributed by atoms with Crippen molar-refractivity contribution in [2.75, 3.05) is 0 Å². The van der Waals surface area contributed by atoms with Crippen LogP contribution in [0.4, 0.5) is 0 Å². The molecule has 3 rings (SSSR count). The summed E-state index contributed by atoms with van der Waals surface area (Å²) in [5.74, 6) is 2.87. The maximum Gasteiger partial charge on any atom is 0.141 e. The van der Waals surface area contributed by atoms with Crippen molar-refractivity contribution in [1.82, 2.24) is 20.5 Å². The molecule has 4 heteroatoms. The molecule has 4 unspecified atom stereocenters. The predicted octanol–water partition coefficient (Wildman–Crippen LogP) is 1.64. The van der Waals surface area contributed by atoms with Gasteiger partial charge < -0.3 is 5.32 Å². The highest BCUT2D eigenvalue weighted by Gasteiger charge is 2.39. The van der Waals surface area contributed by atoms with Gasteiger partial charge in [0, 0.05) is 6.04 Å². The molecule has 2 fully saturated rings. The van der Waals surface area contributed by atoms with Gasteiger partial charge in [-0.15, -0.1) is 0 Å². The fourth-order valence-corrected chi connectivity index (χ4v) is 3.27. The monoisotopic (exact) mass is 206 g/mol. The number of H-pyrrole nitrogens is 1. The van der Waals surface area contributed by atoms with E-state index in [1.807, 2.05) is 0 Å². The number of hydrogen-bond donors (Lipinski definition) is 2. The maximum atomic E-state index is 4.19. The molecule has 82 valence electrons. The summed E-state index contributed by atoms with van der Waals surface area (Å²) >= 11 is 0. The Kier molecular flexibility index (Phi) is 2.24. The lowest BCUT2D eigenvalue weighted by molar-refractivity contribution is 0.322. The number of aromatic nitrogens is 3. The molecule has 2 N–H and O–H groups in total. The van der Waals surface area contributed by atoms with Crippen LogP contribution in [0, 0.1) is 11.8 Å². The van der Waals surface area contributed by atoms with E-state index in [0.29, 0.717) is 12.1 Å². The Morgan fingerprint density at radius 2 is 2.40 bits per heavy atom. The van der Waals surface area contributed by atoms with Gasteiger partial charge >= 0.3 is 0 Å². The van der Waals surface area contributed by atoms with Crippen molar-refractivity contribution in [3.63, 3.8) is 0 Å². The first-order chi connectivity index (χ1) is 7.33. The van der Waals surface area contributed by atoms with Gasteiger partial charge in [0.15, 0.2) is 0 Å². The van der Waals surface area contributed by atoms with Crippen LogP contribution >= 0.6 is 0 Å². The summed E-state index contributed by atoms with van der Waals surface area (Å²) in [6.45, 7) is 2.16. The number of nitrogens with one attached hydrogen (secondary N) is 2. The van der Waals surface area contributed by atoms with Gasteiger partial charge in [0.25, 0.3) is 0 Å². The van der Waals surface area contributed by atoms with Crippen LogP contribution in [-0.2, 0) is 0 Å². The van der Waals surface area contributed by atoms with E-state index in [2.05, 4.69) is 27.4 Å². The quantitative estimate of drug-likeness (QED) is 0.790. The SMILES string of the molecule is CC(NC1CC2CCC1C2)c1ncn[nH]1. The van der Waals surface area contributed by atoms with Gasteiger partial charge in [0.05, 0.1) is 6.04 Å². The zero-order valence-electron chi connectivity index (χ0n) is 9.11. The van der Waals surface area contributed by atoms with Crippen LogP contribution in [0.3, 0.4) is 0 Å². The van der Waals surface area contributed by atoms with E-state index >= 15 is 0 Å². The van der Waals surface area contributed by atoms with Gasteiger partial charge in [0.2, 0.25) is 0 Å². The van der Waals surface area contributed by atoms with Gasteiger partial charge in [-0.05, 0) is 38.0 Å². The molecule has 2 aliphatic carbocycles. The van der Waals surface area contributed by atoms with Crippen molar-refractivity contribution in [3.05, 3.63) is 12.2 Å². The number of aromatic amines is 1. The highest BCUT2D eigenvalue weighted by atomic mass is 15.2. The fraction of sp³-hybridized carbons (Fsp3) is 0.818. The summed E-state index contributed by atoms with van der Waals surface area (Å²) in [5.41, 5.74) is 0. The average molecular weight is 206 g/mol. The summed E-state index contributed by atoms with van der Waals surface area (Å²) in [4.78, 5) is 4.19. The highest BCUT2D eigenvalue weighted by molar-refractivity contribution is 4.98. The first kappa shape index (κ1) is 9.33. The van der Waals surface area contributed by atoms with E-state index in [9.17, 15) is 0 Å². The molecule has 15 heavy (non-hydrogen) atoms. The van der Waals surface area contributed by atoms with Crippen LogP contribution in [0.2, 0.25) is 0 Å². The molecule has 1 heterocycles. The Hall–Kier alpha value is -0.900. The molecule has 4 atom stereocenters. The van der Waals surface area contributed by atoms with E-state index in [1.165, 1.54) is 25.7 Å². The summed E-state index contributed by atoms with van der Waals surface area (Å²) in [6, 6.07) is 1.01. The Labute approximate surface area is 89.9 Å². The van der Waals surface area contributed by atoms with Crippen LogP contribution in [0.25, 0.3) is 0 Å². The highest BCUT2D eigenvalue weighted by Crippen LogP contribution is 2.44. The third-order valence-corrected chi connectivity index (χ3v) is 4.05. The van der Waals surface area contributed by atoms with Crippen molar-refractivity contribution < 1.29 is 0 Å². The molecule has 0 spiro atoms. The second-order valence-electron chi connectivity index (χ2n) is 5.04. The summed E-state index contributed by atoms with van der Waals surface area (Å²) < 4.78 is 0. The number of rotatable bonds is 3. The molecule has 2 aliphatic rings. The van der Waals surface area contributed by atoms with Gasteiger partial charge in [-0.25, -0.2) is 4.98 Å². The Morgan fingerprint density at radius 3 is 3.00 bits per heavy atom. The van der Waals surface area contributed by atoms with E-state index in [-0.39, 0.29) is 0 Å². The zero-order chi connectivity index (χ0) is 10.3. The first-order valence-electron chi connectivity index (χ1n) is 5.94. The third-order valence-electron chi connectivity index (χ3n) is 4.05. The molecule has 0 amide bonds. The van der Waals surface area contributed by atoms with Crippen molar-refractivity contribution in [3.8, 4) is 0 Å². The topological polar surface area (TPSA) is 53.6 Å². The normalized spacial score (nSPS) is 35.9. The minimum atomic E-state index is 0.303. The Bertz CT molecular complexity index is 321. The number of fused-ring (bicyclic) bond motifs is 2. The van der Waals surface area contributed by atoms with Crippen LogP contribution in [0.15, 0.2) is 6.33 Å². The summed E-state index contributed by atoms with van der Waals surface area (Å²) in [6.07, 6.45) is 7.27. The van der Waals surface area contributed by atoms with Crippen molar-refractivity contribution in [2.45, 2.75) is 44.7 Å². The molecule has 2 bridgehead atoms. The van der Waals surface area contributed by atoms with Gasteiger partial charge in [-0.2, -0.15) is 5.10 Å². The van der Waals surface area contributed by atoms with E-state index < -0.39 is 0 Å². The molecule has 0 aliphatic heterocycles. The van der Waals surface area contributed by atoms with Crippen LogP contribution in [0.5, 0.6) is 0 Å². The molecule has 1 aromatic rings.